The zero-order valence-corrected chi connectivity index (χ0v) is 14.1. The Hall–Kier alpha value is -3.00. The van der Waals surface area contributed by atoms with Crippen molar-refractivity contribution >= 4 is 23.3 Å². The maximum Gasteiger partial charge on any atom is 0.325 e. The van der Waals surface area contributed by atoms with Crippen molar-refractivity contribution in [3.8, 4) is 10.7 Å². The van der Waals surface area contributed by atoms with E-state index in [2.05, 4.69) is 15.3 Å². The molecule has 126 valence electrons. The normalized spacial score (nSPS) is 20.1. The van der Waals surface area contributed by atoms with Crippen LogP contribution in [0.4, 0.5) is 4.79 Å². The van der Waals surface area contributed by atoms with Gasteiger partial charge in [0.15, 0.2) is 5.54 Å². The summed E-state index contributed by atoms with van der Waals surface area (Å²) in [7, 11) is 0. The number of furan rings is 1. The maximum absolute atomic E-state index is 12.8. The van der Waals surface area contributed by atoms with Crippen LogP contribution in [0.15, 0.2) is 52.6 Å². The van der Waals surface area contributed by atoms with Crippen molar-refractivity contribution in [3.05, 3.63) is 59.6 Å². The number of amides is 3. The molecule has 3 aromatic heterocycles. The fraction of sp³-hybridized carbons (Fsp3) is 0.176. The van der Waals surface area contributed by atoms with Crippen LogP contribution in [0.2, 0.25) is 0 Å². The molecule has 25 heavy (non-hydrogen) atoms. The van der Waals surface area contributed by atoms with E-state index in [9.17, 15) is 9.59 Å². The Bertz CT molecular complexity index is 923. The highest BCUT2D eigenvalue weighted by Gasteiger charge is 2.51. The van der Waals surface area contributed by atoms with E-state index < -0.39 is 11.6 Å². The standard InChI is InChI=1S/C17H14N4O3S/c1-17(13-6-4-8-24-13)15(22)21(16(23)20-17)9-11-10-25-14(19-11)12-5-2-3-7-18-12/h2-8,10H,9H2,1H3,(H,20,23). The molecular weight excluding hydrogens is 340 g/mol. The molecule has 3 aromatic rings. The topological polar surface area (TPSA) is 88.3 Å². The number of carbonyl (C=O) groups is 2. The van der Waals surface area contributed by atoms with Crippen LogP contribution in [0.5, 0.6) is 0 Å². The van der Waals surface area contributed by atoms with Crippen molar-refractivity contribution in [2.75, 3.05) is 0 Å². The van der Waals surface area contributed by atoms with Gasteiger partial charge in [0.25, 0.3) is 5.91 Å². The van der Waals surface area contributed by atoms with Crippen molar-refractivity contribution in [2.45, 2.75) is 19.0 Å². The van der Waals surface area contributed by atoms with Gasteiger partial charge in [-0.25, -0.2) is 9.78 Å². The van der Waals surface area contributed by atoms with Crippen molar-refractivity contribution in [1.29, 1.82) is 0 Å². The Labute approximate surface area is 147 Å². The fourth-order valence-corrected chi connectivity index (χ4v) is 3.51. The summed E-state index contributed by atoms with van der Waals surface area (Å²) in [6, 6.07) is 8.48. The number of thiazole rings is 1. The van der Waals surface area contributed by atoms with Gasteiger partial charge < -0.3 is 9.73 Å². The Morgan fingerprint density at radius 2 is 2.16 bits per heavy atom. The first kappa shape index (κ1) is 15.5. The summed E-state index contributed by atoms with van der Waals surface area (Å²) in [5.74, 6) is 0.0423. The predicted octanol–water partition coefficient (Wildman–Crippen LogP) is 2.77. The highest BCUT2D eigenvalue weighted by molar-refractivity contribution is 7.13. The molecule has 0 bridgehead atoms. The van der Waals surface area contributed by atoms with Gasteiger partial charge in [-0.05, 0) is 31.2 Å². The van der Waals surface area contributed by atoms with Crippen molar-refractivity contribution < 1.29 is 14.0 Å². The molecule has 1 aliphatic heterocycles. The predicted molar refractivity (Wildman–Crippen MR) is 90.5 cm³/mol. The van der Waals surface area contributed by atoms with Crippen molar-refractivity contribution in [3.63, 3.8) is 0 Å². The third-order valence-corrected chi connectivity index (χ3v) is 4.96. The zero-order chi connectivity index (χ0) is 17.4. The number of aromatic nitrogens is 2. The van der Waals surface area contributed by atoms with Gasteiger partial charge in [-0.1, -0.05) is 6.07 Å². The van der Waals surface area contributed by atoms with Crippen LogP contribution < -0.4 is 5.32 Å². The van der Waals surface area contributed by atoms with Crippen LogP contribution in [0, 0.1) is 0 Å². The molecule has 3 amide bonds. The molecule has 1 aliphatic rings. The molecule has 4 rings (SSSR count). The second-order valence-corrected chi connectivity index (χ2v) is 6.64. The second kappa shape index (κ2) is 5.82. The number of urea groups is 1. The SMILES string of the molecule is CC1(c2ccco2)NC(=O)N(Cc2csc(-c3ccccn3)n2)C1=O. The first-order valence-corrected chi connectivity index (χ1v) is 8.50. The van der Waals surface area contributed by atoms with E-state index in [1.54, 1.807) is 25.3 Å². The van der Waals surface area contributed by atoms with Crippen LogP contribution in [-0.4, -0.2) is 26.8 Å². The molecular formula is C17H14N4O3S. The summed E-state index contributed by atoms with van der Waals surface area (Å²) < 4.78 is 5.32. The zero-order valence-electron chi connectivity index (χ0n) is 13.3. The third kappa shape index (κ3) is 2.60. The molecule has 8 heteroatoms. The summed E-state index contributed by atoms with van der Waals surface area (Å²) in [6.45, 7) is 1.73. The van der Waals surface area contributed by atoms with Gasteiger partial charge in [0.2, 0.25) is 0 Å². The molecule has 1 unspecified atom stereocenters. The highest BCUT2D eigenvalue weighted by Crippen LogP contribution is 2.30. The number of nitrogens with zero attached hydrogens (tertiary/aromatic N) is 3. The number of rotatable bonds is 4. The molecule has 7 nitrogen and oxygen atoms in total. The summed E-state index contributed by atoms with van der Waals surface area (Å²) in [6.07, 6.45) is 3.17. The van der Waals surface area contributed by atoms with Crippen molar-refractivity contribution in [1.82, 2.24) is 20.2 Å². The fourth-order valence-electron chi connectivity index (χ4n) is 2.72. The quantitative estimate of drug-likeness (QED) is 0.728. The lowest BCUT2D eigenvalue weighted by Crippen LogP contribution is -2.40. The van der Waals surface area contributed by atoms with Crippen LogP contribution in [0.1, 0.15) is 18.4 Å². The monoisotopic (exact) mass is 354 g/mol. The minimum absolute atomic E-state index is 0.101. The van der Waals surface area contributed by atoms with E-state index >= 15 is 0 Å². The van der Waals surface area contributed by atoms with E-state index in [4.69, 9.17) is 4.42 Å². The molecule has 0 saturated carbocycles. The Kier molecular flexibility index (Phi) is 3.61. The lowest BCUT2D eigenvalue weighted by Gasteiger charge is -2.18. The highest BCUT2D eigenvalue weighted by atomic mass is 32.1. The average molecular weight is 354 g/mol. The lowest BCUT2D eigenvalue weighted by atomic mass is 9.99. The molecule has 4 heterocycles. The average Bonchev–Trinajstić information content (AvgIpc) is 3.34. The summed E-state index contributed by atoms with van der Waals surface area (Å²) in [5, 5.41) is 5.27. The number of nitrogens with one attached hydrogen (secondary N) is 1. The summed E-state index contributed by atoms with van der Waals surface area (Å²) >= 11 is 1.42. The molecule has 1 fully saturated rings. The summed E-state index contributed by atoms with van der Waals surface area (Å²) in [4.78, 5) is 34.9. The molecule has 0 aromatic carbocycles. The number of pyridine rings is 1. The Morgan fingerprint density at radius 1 is 1.28 bits per heavy atom. The number of carbonyl (C=O) groups excluding carboxylic acids is 2. The third-order valence-electron chi connectivity index (χ3n) is 4.04. The molecule has 0 spiro atoms. The van der Waals surface area contributed by atoms with E-state index in [0.717, 1.165) is 15.6 Å². The van der Waals surface area contributed by atoms with Gasteiger partial charge in [0.1, 0.15) is 10.8 Å². The maximum atomic E-state index is 12.8. The van der Waals surface area contributed by atoms with Gasteiger partial charge in [-0.3, -0.25) is 14.7 Å². The molecule has 1 atom stereocenters. The van der Waals surface area contributed by atoms with Crippen molar-refractivity contribution in [2.24, 2.45) is 0 Å². The number of hydrogen-bond acceptors (Lipinski definition) is 6. The number of imide groups is 1. The van der Waals surface area contributed by atoms with Gasteiger partial charge >= 0.3 is 6.03 Å². The van der Waals surface area contributed by atoms with Gasteiger partial charge in [0, 0.05) is 11.6 Å². The second-order valence-electron chi connectivity index (χ2n) is 5.78. The molecule has 0 radical (unpaired) electrons. The van der Waals surface area contributed by atoms with E-state index in [1.807, 2.05) is 23.6 Å². The van der Waals surface area contributed by atoms with Crippen LogP contribution in [0.3, 0.4) is 0 Å². The molecule has 1 N–H and O–H groups in total. The Morgan fingerprint density at radius 3 is 2.88 bits per heavy atom. The molecule has 0 aliphatic carbocycles. The smallest absolute Gasteiger partial charge is 0.325 e. The van der Waals surface area contributed by atoms with E-state index in [1.165, 1.54) is 17.6 Å². The minimum Gasteiger partial charge on any atom is -0.466 e. The van der Waals surface area contributed by atoms with Crippen LogP contribution >= 0.6 is 11.3 Å². The Balaban J connectivity index is 1.56. The number of hydrogen-bond donors (Lipinski definition) is 1. The molecule has 1 saturated heterocycles. The van der Waals surface area contributed by atoms with Gasteiger partial charge in [0.05, 0.1) is 24.2 Å². The minimum atomic E-state index is -1.19. The first-order chi connectivity index (χ1) is 12.1. The van der Waals surface area contributed by atoms with Crippen LogP contribution in [-0.2, 0) is 16.9 Å². The van der Waals surface area contributed by atoms with Crippen LogP contribution in [0.25, 0.3) is 10.7 Å². The largest absolute Gasteiger partial charge is 0.466 e. The van der Waals surface area contributed by atoms with E-state index in [-0.39, 0.29) is 12.5 Å². The van der Waals surface area contributed by atoms with Gasteiger partial charge in [-0.2, -0.15) is 0 Å². The summed E-state index contributed by atoms with van der Waals surface area (Å²) in [5.41, 5.74) is 0.203. The lowest BCUT2D eigenvalue weighted by molar-refractivity contribution is -0.132. The van der Waals surface area contributed by atoms with E-state index in [0.29, 0.717) is 11.5 Å². The first-order valence-electron chi connectivity index (χ1n) is 7.62. The van der Waals surface area contributed by atoms with Gasteiger partial charge in [-0.15, -0.1) is 11.3 Å².